The molecule has 0 heterocycles. The summed E-state index contributed by atoms with van der Waals surface area (Å²) in [5.74, 6) is 0. The van der Waals surface area contributed by atoms with Crippen LogP contribution in [0, 0.1) is 5.41 Å². The fraction of sp³-hybridized carbons (Fsp3) is 0. The molecule has 0 aliphatic rings. The van der Waals surface area contributed by atoms with Crippen LogP contribution in [-0.4, -0.2) is 5.71 Å². The number of benzene rings is 2. The zero-order chi connectivity index (χ0) is 12.6. The van der Waals surface area contributed by atoms with E-state index in [0.29, 0.717) is 5.71 Å². The van der Waals surface area contributed by atoms with E-state index in [2.05, 4.69) is 0 Å². The Hall–Kier alpha value is -2.41. The Morgan fingerprint density at radius 3 is 1.44 bits per heavy atom. The van der Waals surface area contributed by atoms with E-state index in [1.807, 2.05) is 72.8 Å². The summed E-state index contributed by atoms with van der Waals surface area (Å²) < 4.78 is 0. The Balaban J connectivity index is 1.97. The van der Waals surface area contributed by atoms with E-state index >= 15 is 0 Å². The molecule has 0 radical (unpaired) electrons. The summed E-state index contributed by atoms with van der Waals surface area (Å²) in [5.41, 5.74) is 2.70. The molecule has 2 aromatic rings. The van der Waals surface area contributed by atoms with Crippen molar-refractivity contribution in [3.63, 3.8) is 0 Å². The van der Waals surface area contributed by atoms with Crippen LogP contribution in [0.3, 0.4) is 0 Å². The van der Waals surface area contributed by atoms with Crippen LogP contribution in [0.2, 0.25) is 0 Å². The molecule has 0 spiro atoms. The molecule has 88 valence electrons. The molecular formula is C17H15N. The van der Waals surface area contributed by atoms with Gasteiger partial charge in [0.1, 0.15) is 0 Å². The van der Waals surface area contributed by atoms with E-state index in [9.17, 15) is 0 Å². The first-order valence-electron chi connectivity index (χ1n) is 5.89. The molecule has 2 rings (SSSR count). The molecule has 1 nitrogen and oxygen atoms in total. The lowest BCUT2D eigenvalue weighted by atomic mass is 10.1. The van der Waals surface area contributed by atoms with E-state index in [1.165, 1.54) is 0 Å². The average molecular weight is 233 g/mol. The van der Waals surface area contributed by atoms with Crippen molar-refractivity contribution in [2.75, 3.05) is 0 Å². The number of nitrogens with one attached hydrogen (secondary N) is 1. The van der Waals surface area contributed by atoms with Gasteiger partial charge in [-0.1, -0.05) is 72.8 Å². The average Bonchev–Trinajstić information content (AvgIpc) is 2.45. The lowest BCUT2D eigenvalue weighted by Crippen LogP contribution is -1.83. The van der Waals surface area contributed by atoms with Crippen LogP contribution in [0.15, 0.2) is 72.8 Å². The van der Waals surface area contributed by atoms with Crippen LogP contribution in [0.1, 0.15) is 11.1 Å². The minimum Gasteiger partial charge on any atom is -0.301 e. The molecule has 18 heavy (non-hydrogen) atoms. The van der Waals surface area contributed by atoms with Crippen LogP contribution >= 0.6 is 0 Å². The zero-order valence-corrected chi connectivity index (χ0v) is 10.1. The number of hydrogen-bond acceptors (Lipinski definition) is 1. The van der Waals surface area contributed by atoms with Gasteiger partial charge in [0, 0.05) is 0 Å². The molecule has 0 aliphatic carbocycles. The van der Waals surface area contributed by atoms with Gasteiger partial charge in [-0.3, -0.25) is 0 Å². The topological polar surface area (TPSA) is 23.9 Å². The van der Waals surface area contributed by atoms with Crippen LogP contribution in [0.25, 0.3) is 12.2 Å². The van der Waals surface area contributed by atoms with Crippen LogP contribution in [0.4, 0.5) is 0 Å². The molecule has 0 fully saturated rings. The molecular weight excluding hydrogens is 218 g/mol. The second kappa shape index (κ2) is 6.36. The summed E-state index contributed by atoms with van der Waals surface area (Å²) in [6.07, 6.45) is 7.48. The molecule has 0 bridgehead atoms. The van der Waals surface area contributed by atoms with E-state index < -0.39 is 0 Å². The first-order valence-corrected chi connectivity index (χ1v) is 5.89. The van der Waals surface area contributed by atoms with Gasteiger partial charge in [0.2, 0.25) is 0 Å². The maximum Gasteiger partial charge on any atom is 0.0540 e. The third kappa shape index (κ3) is 3.87. The van der Waals surface area contributed by atoms with E-state index in [1.54, 1.807) is 12.2 Å². The molecule has 0 aliphatic heterocycles. The zero-order valence-electron chi connectivity index (χ0n) is 10.1. The lowest BCUT2D eigenvalue weighted by molar-refractivity contribution is 1.54. The van der Waals surface area contributed by atoms with E-state index in [-0.39, 0.29) is 0 Å². The van der Waals surface area contributed by atoms with Crippen molar-refractivity contribution in [3.05, 3.63) is 83.9 Å². The normalized spacial score (nSPS) is 11.1. The van der Waals surface area contributed by atoms with Gasteiger partial charge in [-0.25, -0.2) is 0 Å². The quantitative estimate of drug-likeness (QED) is 0.755. The monoisotopic (exact) mass is 233 g/mol. The van der Waals surface area contributed by atoms with Crippen molar-refractivity contribution in [2.45, 2.75) is 0 Å². The summed E-state index contributed by atoms with van der Waals surface area (Å²) in [6.45, 7) is 0. The fourth-order valence-electron chi connectivity index (χ4n) is 1.56. The highest BCUT2D eigenvalue weighted by molar-refractivity contribution is 6.06. The largest absolute Gasteiger partial charge is 0.301 e. The SMILES string of the molecule is N=C(/C=C/c1ccccc1)/C=C/c1ccccc1. The summed E-state index contributed by atoms with van der Waals surface area (Å²) in [4.78, 5) is 0. The predicted octanol–water partition coefficient (Wildman–Crippen LogP) is 4.43. The Kier molecular flexibility index (Phi) is 4.26. The van der Waals surface area contributed by atoms with Gasteiger partial charge < -0.3 is 5.41 Å². The van der Waals surface area contributed by atoms with Gasteiger partial charge >= 0.3 is 0 Å². The molecule has 1 N–H and O–H groups in total. The molecule has 0 atom stereocenters. The van der Waals surface area contributed by atoms with E-state index in [0.717, 1.165) is 11.1 Å². The second-order valence-electron chi connectivity index (χ2n) is 3.94. The summed E-state index contributed by atoms with van der Waals surface area (Å²) in [6, 6.07) is 20.0. The minimum absolute atomic E-state index is 0.489. The van der Waals surface area contributed by atoms with Crippen molar-refractivity contribution in [2.24, 2.45) is 0 Å². The molecule has 0 amide bonds. The molecule has 1 heteroatoms. The molecule has 2 aromatic carbocycles. The van der Waals surface area contributed by atoms with Crippen LogP contribution in [0.5, 0.6) is 0 Å². The van der Waals surface area contributed by atoms with Crippen molar-refractivity contribution in [1.82, 2.24) is 0 Å². The van der Waals surface area contributed by atoms with Gasteiger partial charge in [-0.05, 0) is 23.3 Å². The third-order valence-corrected chi connectivity index (χ3v) is 2.51. The van der Waals surface area contributed by atoms with E-state index in [4.69, 9.17) is 5.41 Å². The Morgan fingerprint density at radius 1 is 0.667 bits per heavy atom. The number of rotatable bonds is 4. The maximum absolute atomic E-state index is 7.81. The summed E-state index contributed by atoms with van der Waals surface area (Å²) in [5, 5.41) is 7.81. The smallest absolute Gasteiger partial charge is 0.0540 e. The van der Waals surface area contributed by atoms with Gasteiger partial charge in [-0.15, -0.1) is 0 Å². The first kappa shape index (κ1) is 12.1. The maximum atomic E-state index is 7.81. The second-order valence-corrected chi connectivity index (χ2v) is 3.94. The van der Waals surface area contributed by atoms with Crippen molar-refractivity contribution in [3.8, 4) is 0 Å². The molecule has 0 unspecified atom stereocenters. The van der Waals surface area contributed by atoms with Crippen molar-refractivity contribution < 1.29 is 0 Å². The van der Waals surface area contributed by atoms with Gasteiger partial charge in [-0.2, -0.15) is 0 Å². The van der Waals surface area contributed by atoms with Crippen molar-refractivity contribution >= 4 is 17.9 Å². The molecule has 0 saturated carbocycles. The van der Waals surface area contributed by atoms with Gasteiger partial charge in [0.25, 0.3) is 0 Å². The van der Waals surface area contributed by atoms with Crippen molar-refractivity contribution in [1.29, 1.82) is 5.41 Å². The van der Waals surface area contributed by atoms with Gasteiger partial charge in [0.05, 0.1) is 5.71 Å². The summed E-state index contributed by atoms with van der Waals surface area (Å²) >= 11 is 0. The van der Waals surface area contributed by atoms with Crippen LogP contribution in [-0.2, 0) is 0 Å². The molecule has 0 saturated heterocycles. The molecule has 0 aromatic heterocycles. The predicted molar refractivity (Wildman–Crippen MR) is 78.7 cm³/mol. The Labute approximate surface area is 108 Å². The number of allylic oxidation sites excluding steroid dienone is 2. The lowest BCUT2D eigenvalue weighted by Gasteiger charge is -1.92. The van der Waals surface area contributed by atoms with Gasteiger partial charge in [0.15, 0.2) is 0 Å². The Morgan fingerprint density at radius 2 is 1.06 bits per heavy atom. The first-order chi connectivity index (χ1) is 8.84. The highest BCUT2D eigenvalue weighted by atomic mass is 14.4. The highest BCUT2D eigenvalue weighted by Crippen LogP contribution is 2.03. The van der Waals surface area contributed by atoms with Crippen LogP contribution < -0.4 is 0 Å². The third-order valence-electron chi connectivity index (χ3n) is 2.51. The number of hydrogen-bond donors (Lipinski definition) is 1. The highest BCUT2D eigenvalue weighted by Gasteiger charge is 1.87. The summed E-state index contributed by atoms with van der Waals surface area (Å²) in [7, 11) is 0. The Bertz CT molecular complexity index is 499. The standard InChI is InChI=1S/C17H15N/c18-17(13-11-15-7-3-1-4-8-15)14-12-16-9-5-2-6-10-16/h1-14,18H/b13-11+,14-12+. The fourth-order valence-corrected chi connectivity index (χ4v) is 1.56. The minimum atomic E-state index is 0.489.